The highest BCUT2D eigenvalue weighted by Gasteiger charge is 2.22. The molecule has 24 heavy (non-hydrogen) atoms. The van der Waals surface area contributed by atoms with Crippen LogP contribution in [0.25, 0.3) is 0 Å². The summed E-state index contributed by atoms with van der Waals surface area (Å²) in [6.07, 6.45) is 2.59. The van der Waals surface area contributed by atoms with Crippen molar-refractivity contribution in [3.8, 4) is 0 Å². The van der Waals surface area contributed by atoms with Crippen LogP contribution in [-0.4, -0.2) is 48.1 Å². The van der Waals surface area contributed by atoms with Crippen molar-refractivity contribution in [2.75, 3.05) is 26.2 Å². The average molecular weight is 352 g/mol. The highest BCUT2D eigenvalue weighted by Crippen LogP contribution is 2.24. The first-order valence-corrected chi connectivity index (χ1v) is 10.0. The predicted octanol–water partition coefficient (Wildman–Crippen LogP) is 2.98. The molecule has 2 N–H and O–H groups in total. The number of nitrogens with one attached hydrogen (secondary N) is 2. The number of rotatable bonds is 6. The van der Waals surface area contributed by atoms with Gasteiger partial charge < -0.3 is 10.6 Å². The van der Waals surface area contributed by atoms with Crippen LogP contribution in [0.15, 0.2) is 10.4 Å². The Morgan fingerprint density at radius 3 is 2.79 bits per heavy atom. The summed E-state index contributed by atoms with van der Waals surface area (Å²) in [5.74, 6) is 0.896. The van der Waals surface area contributed by atoms with Crippen LogP contribution in [0.3, 0.4) is 0 Å². The molecule has 0 radical (unpaired) electrons. The molecule has 0 aromatic carbocycles. The highest BCUT2D eigenvalue weighted by molar-refractivity contribution is 7.09. The lowest BCUT2D eigenvalue weighted by molar-refractivity contribution is 0.267. The molecule has 1 fully saturated rings. The van der Waals surface area contributed by atoms with E-state index >= 15 is 0 Å². The van der Waals surface area contributed by atoms with Gasteiger partial charge in [-0.1, -0.05) is 27.7 Å². The van der Waals surface area contributed by atoms with E-state index in [0.29, 0.717) is 12.6 Å². The number of thiazole rings is 1. The van der Waals surface area contributed by atoms with Gasteiger partial charge in [-0.3, -0.25) is 4.90 Å². The normalized spacial score (nSPS) is 19.7. The molecule has 1 aromatic rings. The van der Waals surface area contributed by atoms with E-state index in [4.69, 9.17) is 9.98 Å². The molecule has 2 rings (SSSR count). The van der Waals surface area contributed by atoms with Crippen molar-refractivity contribution in [2.45, 2.75) is 65.5 Å². The number of likely N-dealkylation sites (tertiary alicyclic amines) is 1. The molecule has 0 amide bonds. The van der Waals surface area contributed by atoms with E-state index in [1.807, 2.05) is 0 Å². The second kappa shape index (κ2) is 8.81. The smallest absolute Gasteiger partial charge is 0.191 e. The summed E-state index contributed by atoms with van der Waals surface area (Å²) >= 11 is 1.70. The summed E-state index contributed by atoms with van der Waals surface area (Å²) < 4.78 is 0. The van der Waals surface area contributed by atoms with Gasteiger partial charge in [-0.05, 0) is 32.9 Å². The van der Waals surface area contributed by atoms with E-state index in [-0.39, 0.29) is 5.41 Å². The van der Waals surface area contributed by atoms with Crippen LogP contribution in [0.2, 0.25) is 0 Å². The van der Waals surface area contributed by atoms with Crippen LogP contribution in [0.1, 0.15) is 58.2 Å². The van der Waals surface area contributed by atoms with E-state index in [1.165, 1.54) is 19.4 Å². The predicted molar refractivity (Wildman–Crippen MR) is 104 cm³/mol. The lowest BCUT2D eigenvalue weighted by Crippen LogP contribution is -2.44. The van der Waals surface area contributed by atoms with E-state index in [1.54, 1.807) is 11.3 Å². The maximum Gasteiger partial charge on any atom is 0.191 e. The first-order chi connectivity index (χ1) is 11.4. The summed E-state index contributed by atoms with van der Waals surface area (Å²) in [7, 11) is 0. The summed E-state index contributed by atoms with van der Waals surface area (Å²) in [6, 6.07) is 0.631. The Bertz CT molecular complexity index is 532. The van der Waals surface area contributed by atoms with Gasteiger partial charge in [-0.25, -0.2) is 9.98 Å². The Kier molecular flexibility index (Phi) is 7.04. The average Bonchev–Trinajstić information content (AvgIpc) is 3.18. The molecular weight excluding hydrogens is 318 g/mol. The van der Waals surface area contributed by atoms with Crippen molar-refractivity contribution in [1.29, 1.82) is 0 Å². The minimum atomic E-state index is 0.104. The molecule has 1 unspecified atom stereocenters. The minimum Gasteiger partial charge on any atom is -0.357 e. The Labute approximate surface area is 151 Å². The topological polar surface area (TPSA) is 52.6 Å². The Morgan fingerprint density at radius 2 is 2.17 bits per heavy atom. The van der Waals surface area contributed by atoms with Gasteiger partial charge in [-0.15, -0.1) is 11.3 Å². The van der Waals surface area contributed by atoms with Gasteiger partial charge in [0, 0.05) is 29.9 Å². The fourth-order valence-corrected chi connectivity index (χ4v) is 3.92. The third kappa shape index (κ3) is 5.45. The maximum absolute atomic E-state index is 4.72. The SMILES string of the molecule is CCNC(=NCc1nc(C(C)(C)C)cs1)NCC1CCCN1CC. The molecule has 2 heterocycles. The van der Waals surface area contributed by atoms with Gasteiger partial charge in [0.15, 0.2) is 5.96 Å². The van der Waals surface area contributed by atoms with Gasteiger partial charge in [0.1, 0.15) is 5.01 Å². The summed E-state index contributed by atoms with van der Waals surface area (Å²) in [5, 5.41) is 10.1. The van der Waals surface area contributed by atoms with Crippen LogP contribution < -0.4 is 10.6 Å². The molecule has 1 aliphatic heterocycles. The van der Waals surface area contributed by atoms with E-state index in [9.17, 15) is 0 Å². The number of nitrogens with zero attached hydrogens (tertiary/aromatic N) is 3. The second-order valence-electron chi connectivity index (χ2n) is 7.38. The zero-order valence-corrected chi connectivity index (χ0v) is 16.7. The number of aliphatic imine (C=N–C) groups is 1. The molecule has 1 atom stereocenters. The standard InChI is InChI=1S/C18H33N5S/c1-6-19-17(20-11-14-9-8-10-23(14)7-2)21-12-16-22-15(13-24-16)18(3,4)5/h13-14H,6-12H2,1-5H3,(H2,19,20,21). The minimum absolute atomic E-state index is 0.104. The number of aromatic nitrogens is 1. The monoisotopic (exact) mass is 351 g/mol. The molecule has 1 saturated heterocycles. The number of likely N-dealkylation sites (N-methyl/N-ethyl adjacent to an activating group) is 1. The zero-order valence-electron chi connectivity index (χ0n) is 15.9. The van der Waals surface area contributed by atoms with Crippen LogP contribution >= 0.6 is 11.3 Å². The van der Waals surface area contributed by atoms with Crippen molar-refractivity contribution in [3.63, 3.8) is 0 Å². The van der Waals surface area contributed by atoms with E-state index in [0.717, 1.165) is 36.3 Å². The highest BCUT2D eigenvalue weighted by atomic mass is 32.1. The van der Waals surface area contributed by atoms with Crippen molar-refractivity contribution in [1.82, 2.24) is 20.5 Å². The molecule has 6 heteroatoms. The van der Waals surface area contributed by atoms with Crippen LogP contribution in [0, 0.1) is 0 Å². The first-order valence-electron chi connectivity index (χ1n) is 9.15. The number of hydrogen-bond donors (Lipinski definition) is 2. The van der Waals surface area contributed by atoms with Crippen LogP contribution in [0.5, 0.6) is 0 Å². The van der Waals surface area contributed by atoms with Gasteiger partial charge in [0.25, 0.3) is 0 Å². The molecule has 0 saturated carbocycles. The molecule has 1 aliphatic rings. The number of hydrogen-bond acceptors (Lipinski definition) is 4. The van der Waals surface area contributed by atoms with Crippen molar-refractivity contribution in [3.05, 3.63) is 16.1 Å². The van der Waals surface area contributed by atoms with Gasteiger partial charge >= 0.3 is 0 Å². The third-order valence-electron chi connectivity index (χ3n) is 4.45. The molecule has 5 nitrogen and oxygen atoms in total. The van der Waals surface area contributed by atoms with Gasteiger partial charge in [0.05, 0.1) is 12.2 Å². The van der Waals surface area contributed by atoms with Crippen molar-refractivity contribution >= 4 is 17.3 Å². The van der Waals surface area contributed by atoms with Crippen molar-refractivity contribution < 1.29 is 0 Å². The first kappa shape index (κ1) is 19.2. The summed E-state index contributed by atoms with van der Waals surface area (Å²) in [4.78, 5) is 12.0. The summed E-state index contributed by atoms with van der Waals surface area (Å²) in [5.41, 5.74) is 1.26. The fourth-order valence-electron chi connectivity index (χ4n) is 2.97. The van der Waals surface area contributed by atoms with Gasteiger partial charge in [-0.2, -0.15) is 0 Å². The lowest BCUT2D eigenvalue weighted by Gasteiger charge is -2.23. The molecule has 1 aromatic heterocycles. The van der Waals surface area contributed by atoms with E-state index in [2.05, 4.69) is 55.5 Å². The third-order valence-corrected chi connectivity index (χ3v) is 5.28. The molecule has 0 bridgehead atoms. The van der Waals surface area contributed by atoms with Crippen LogP contribution in [0.4, 0.5) is 0 Å². The Hall–Kier alpha value is -1.14. The van der Waals surface area contributed by atoms with Crippen LogP contribution in [-0.2, 0) is 12.0 Å². The Morgan fingerprint density at radius 1 is 1.38 bits per heavy atom. The second-order valence-corrected chi connectivity index (χ2v) is 8.32. The Balaban J connectivity index is 1.91. The van der Waals surface area contributed by atoms with Crippen molar-refractivity contribution in [2.24, 2.45) is 4.99 Å². The van der Waals surface area contributed by atoms with Gasteiger partial charge in [0.2, 0.25) is 0 Å². The quantitative estimate of drug-likeness (QED) is 0.611. The molecule has 0 spiro atoms. The number of guanidine groups is 1. The lowest BCUT2D eigenvalue weighted by atomic mass is 9.93. The molecule has 0 aliphatic carbocycles. The largest absolute Gasteiger partial charge is 0.357 e. The zero-order chi connectivity index (χ0) is 17.6. The molecular formula is C18H33N5S. The summed E-state index contributed by atoms with van der Waals surface area (Å²) in [6.45, 7) is 15.8. The fraction of sp³-hybridized carbons (Fsp3) is 0.778. The van der Waals surface area contributed by atoms with E-state index < -0.39 is 0 Å². The maximum atomic E-state index is 4.72. The molecule has 136 valence electrons.